The number of carbonyl (C=O) groups is 1. The minimum Gasteiger partial charge on any atom is -0.390 e. The molecule has 9 heteroatoms. The lowest BCUT2D eigenvalue weighted by molar-refractivity contribution is -0.0321. The lowest BCUT2D eigenvalue weighted by Crippen LogP contribution is -2.49. The number of piperidine rings is 1. The molecule has 27 heavy (non-hydrogen) atoms. The molecule has 8 nitrogen and oxygen atoms in total. The summed E-state index contributed by atoms with van der Waals surface area (Å²) in [6.07, 6.45) is -1.50. The molecule has 3 rings (SSSR count). The van der Waals surface area contributed by atoms with E-state index >= 15 is 0 Å². The molecule has 1 aromatic carbocycles. The van der Waals surface area contributed by atoms with Gasteiger partial charge in [-0.3, -0.25) is 4.79 Å². The third-order valence-corrected chi connectivity index (χ3v) is 4.70. The molecular weight excluding hydrogens is 374 g/mol. The molecule has 0 spiro atoms. The lowest BCUT2D eigenvalue weighted by Gasteiger charge is -2.33. The highest BCUT2D eigenvalue weighted by Crippen LogP contribution is 2.32. The van der Waals surface area contributed by atoms with Crippen molar-refractivity contribution in [3.05, 3.63) is 34.9 Å². The van der Waals surface area contributed by atoms with Gasteiger partial charge in [0.15, 0.2) is 11.6 Å². The maximum Gasteiger partial charge on any atom is 0.261 e. The van der Waals surface area contributed by atoms with Gasteiger partial charge in [-0.15, -0.1) is 0 Å². The van der Waals surface area contributed by atoms with E-state index in [0.29, 0.717) is 48.3 Å². The Morgan fingerprint density at radius 2 is 2.11 bits per heavy atom. The first kappa shape index (κ1) is 19.6. The number of amides is 1. The van der Waals surface area contributed by atoms with Gasteiger partial charge in [0.1, 0.15) is 5.56 Å². The number of aliphatic hydroxyl groups excluding tert-OH is 2. The number of nitrogens with one attached hydrogen (secondary N) is 1. The van der Waals surface area contributed by atoms with Gasteiger partial charge in [0.05, 0.1) is 18.8 Å². The van der Waals surface area contributed by atoms with E-state index in [4.69, 9.17) is 20.9 Å². The summed E-state index contributed by atoms with van der Waals surface area (Å²) in [7, 11) is 1.58. The van der Waals surface area contributed by atoms with Gasteiger partial charge >= 0.3 is 0 Å². The highest BCUT2D eigenvalue weighted by molar-refractivity contribution is 6.30. The van der Waals surface area contributed by atoms with Crippen LogP contribution in [0.1, 0.15) is 16.8 Å². The van der Waals surface area contributed by atoms with E-state index in [9.17, 15) is 15.0 Å². The van der Waals surface area contributed by atoms with Gasteiger partial charge in [-0.1, -0.05) is 16.8 Å². The molecule has 0 aliphatic carbocycles. The summed E-state index contributed by atoms with van der Waals surface area (Å²) < 4.78 is 10.5. The highest BCUT2D eigenvalue weighted by atomic mass is 35.5. The van der Waals surface area contributed by atoms with Gasteiger partial charge in [-0.05, 0) is 30.7 Å². The Morgan fingerprint density at radius 3 is 2.78 bits per heavy atom. The number of nitrogens with zero attached hydrogens (tertiary/aromatic N) is 2. The first-order valence-electron chi connectivity index (χ1n) is 8.65. The number of anilines is 1. The van der Waals surface area contributed by atoms with E-state index in [1.807, 2.05) is 0 Å². The van der Waals surface area contributed by atoms with Crippen molar-refractivity contribution in [1.82, 2.24) is 10.1 Å². The number of benzene rings is 1. The fourth-order valence-electron chi connectivity index (χ4n) is 2.94. The molecule has 1 aromatic heterocycles. The number of likely N-dealkylation sites (tertiary alicyclic amines) is 1. The Hall–Kier alpha value is -2.13. The molecule has 2 aromatic rings. The summed E-state index contributed by atoms with van der Waals surface area (Å²) in [6, 6.07) is 6.89. The molecule has 1 saturated heterocycles. The minimum atomic E-state index is -0.980. The number of hydrogen-bond acceptors (Lipinski definition) is 7. The van der Waals surface area contributed by atoms with Crippen LogP contribution < -0.4 is 5.32 Å². The average Bonchev–Trinajstić information content (AvgIpc) is 3.08. The van der Waals surface area contributed by atoms with Crippen molar-refractivity contribution in [1.29, 1.82) is 0 Å². The van der Waals surface area contributed by atoms with E-state index in [2.05, 4.69) is 10.5 Å². The van der Waals surface area contributed by atoms with E-state index in [1.54, 1.807) is 31.4 Å². The smallest absolute Gasteiger partial charge is 0.261 e. The molecule has 0 bridgehead atoms. The van der Waals surface area contributed by atoms with Crippen LogP contribution in [-0.2, 0) is 4.74 Å². The van der Waals surface area contributed by atoms with Gasteiger partial charge in [-0.2, -0.15) is 0 Å². The zero-order valence-electron chi connectivity index (χ0n) is 14.9. The van der Waals surface area contributed by atoms with Crippen molar-refractivity contribution in [2.24, 2.45) is 0 Å². The van der Waals surface area contributed by atoms with Crippen LogP contribution in [-0.4, -0.2) is 71.7 Å². The normalized spacial score (nSPS) is 19.9. The molecule has 1 aliphatic rings. The van der Waals surface area contributed by atoms with E-state index < -0.39 is 12.2 Å². The molecule has 1 amide bonds. The SMILES string of the molecule is COCCNc1noc(-c2ccc(Cl)cc2)c1C(=O)N1CC[C@H](O)[C@@H](O)C1. The fraction of sp³-hybridized carbons (Fsp3) is 0.444. The van der Waals surface area contributed by atoms with Crippen LogP contribution in [0.3, 0.4) is 0 Å². The maximum atomic E-state index is 13.2. The second kappa shape index (κ2) is 8.71. The number of aliphatic hydroxyl groups is 2. The Labute approximate surface area is 161 Å². The van der Waals surface area contributed by atoms with Gasteiger partial charge in [0.2, 0.25) is 0 Å². The topological polar surface area (TPSA) is 108 Å². The Balaban J connectivity index is 1.93. The molecule has 0 radical (unpaired) electrons. The molecule has 2 atom stereocenters. The van der Waals surface area contributed by atoms with Crippen LogP contribution in [0.4, 0.5) is 5.82 Å². The lowest BCUT2D eigenvalue weighted by atomic mass is 10.0. The number of β-amino-alcohol motifs (C(OH)–C–C–N with tert-alkyl or cyclic N) is 1. The van der Waals surface area contributed by atoms with Gasteiger partial charge in [0, 0.05) is 37.3 Å². The Bertz CT molecular complexity index is 780. The third kappa shape index (κ3) is 4.41. The largest absolute Gasteiger partial charge is 0.390 e. The van der Waals surface area contributed by atoms with E-state index in [0.717, 1.165) is 0 Å². The summed E-state index contributed by atoms with van der Waals surface area (Å²) in [5.41, 5.74) is 0.935. The zero-order chi connectivity index (χ0) is 19.4. The van der Waals surface area contributed by atoms with Crippen molar-refractivity contribution >= 4 is 23.3 Å². The van der Waals surface area contributed by atoms with Crippen molar-refractivity contribution in [2.75, 3.05) is 38.7 Å². The van der Waals surface area contributed by atoms with Crippen LogP contribution in [0.15, 0.2) is 28.8 Å². The first-order valence-corrected chi connectivity index (χ1v) is 9.03. The molecule has 2 heterocycles. The number of halogens is 1. The molecule has 0 saturated carbocycles. The average molecular weight is 396 g/mol. The summed E-state index contributed by atoms with van der Waals surface area (Å²) in [5.74, 6) is 0.298. The van der Waals surface area contributed by atoms with E-state index in [1.165, 1.54) is 4.90 Å². The second-order valence-electron chi connectivity index (χ2n) is 6.34. The van der Waals surface area contributed by atoms with Crippen molar-refractivity contribution in [3.63, 3.8) is 0 Å². The number of carbonyl (C=O) groups excluding carboxylic acids is 1. The number of ether oxygens (including phenoxy) is 1. The molecule has 3 N–H and O–H groups in total. The first-order chi connectivity index (χ1) is 13.0. The Morgan fingerprint density at radius 1 is 1.37 bits per heavy atom. The second-order valence-corrected chi connectivity index (χ2v) is 6.77. The van der Waals surface area contributed by atoms with Gasteiger partial charge in [0.25, 0.3) is 5.91 Å². The Kier molecular flexibility index (Phi) is 6.33. The van der Waals surface area contributed by atoms with Crippen LogP contribution >= 0.6 is 11.6 Å². The van der Waals surface area contributed by atoms with Gasteiger partial charge in [-0.25, -0.2) is 0 Å². The molecule has 1 aliphatic heterocycles. The monoisotopic (exact) mass is 395 g/mol. The third-order valence-electron chi connectivity index (χ3n) is 4.44. The molecule has 1 fully saturated rings. The maximum absolute atomic E-state index is 13.2. The van der Waals surface area contributed by atoms with Crippen LogP contribution in [0.25, 0.3) is 11.3 Å². The molecule has 0 unspecified atom stereocenters. The summed E-state index contributed by atoms with van der Waals surface area (Å²) >= 11 is 5.94. The van der Waals surface area contributed by atoms with Crippen molar-refractivity contribution < 1.29 is 24.3 Å². The van der Waals surface area contributed by atoms with E-state index in [-0.39, 0.29) is 18.0 Å². The van der Waals surface area contributed by atoms with Crippen molar-refractivity contribution in [2.45, 2.75) is 18.6 Å². The van der Waals surface area contributed by atoms with Crippen molar-refractivity contribution in [3.8, 4) is 11.3 Å². The van der Waals surface area contributed by atoms with Crippen LogP contribution in [0, 0.1) is 0 Å². The predicted octanol–water partition coefficient (Wildman–Crippen LogP) is 1.62. The fourth-order valence-corrected chi connectivity index (χ4v) is 3.07. The predicted molar refractivity (Wildman–Crippen MR) is 99.8 cm³/mol. The number of methoxy groups -OCH3 is 1. The quantitative estimate of drug-likeness (QED) is 0.638. The molecule has 146 valence electrons. The highest BCUT2D eigenvalue weighted by Gasteiger charge is 2.33. The number of rotatable bonds is 6. The summed E-state index contributed by atoms with van der Waals surface area (Å²) in [5, 5.41) is 27.2. The minimum absolute atomic E-state index is 0.0444. The number of hydrogen-bond donors (Lipinski definition) is 3. The van der Waals surface area contributed by atoms with Crippen LogP contribution in [0.2, 0.25) is 5.02 Å². The van der Waals surface area contributed by atoms with Crippen LogP contribution in [0.5, 0.6) is 0 Å². The summed E-state index contributed by atoms with van der Waals surface area (Å²) in [6.45, 7) is 1.26. The van der Waals surface area contributed by atoms with Gasteiger partial charge < -0.3 is 29.7 Å². The zero-order valence-corrected chi connectivity index (χ0v) is 15.6. The molecular formula is C18H22ClN3O5. The standard InChI is InChI=1S/C18H22ClN3O5/c1-26-9-7-20-17-15(18(25)22-8-6-13(23)14(24)10-22)16(27-21-17)11-2-4-12(19)5-3-11/h2-5,13-14,23-24H,6-10H2,1H3,(H,20,21)/t13-,14-/m0/s1. The summed E-state index contributed by atoms with van der Waals surface area (Å²) in [4.78, 5) is 14.7. The number of aromatic nitrogens is 1.